The predicted octanol–water partition coefficient (Wildman–Crippen LogP) is 3.59. The minimum absolute atomic E-state index is 0.194. The van der Waals surface area contributed by atoms with E-state index in [0.717, 1.165) is 16.3 Å². The summed E-state index contributed by atoms with van der Waals surface area (Å²) in [6.07, 6.45) is 0.364. The molecule has 0 saturated heterocycles. The van der Waals surface area contributed by atoms with Crippen LogP contribution in [0.1, 0.15) is 11.4 Å². The van der Waals surface area contributed by atoms with Crippen molar-refractivity contribution in [1.82, 2.24) is 24.5 Å². The number of rotatable bonds is 8. The van der Waals surface area contributed by atoms with Gasteiger partial charge in [0.1, 0.15) is 5.03 Å². The van der Waals surface area contributed by atoms with Crippen molar-refractivity contribution in [2.75, 3.05) is 6.54 Å². The molecule has 0 bridgehead atoms. The summed E-state index contributed by atoms with van der Waals surface area (Å²) in [6, 6.07) is 19.7. The molecular formula is C20H18ClN5O2S2. The van der Waals surface area contributed by atoms with Gasteiger partial charge in [-0.2, -0.15) is 9.61 Å². The highest BCUT2D eigenvalue weighted by molar-refractivity contribution is 7.98. The van der Waals surface area contributed by atoms with Crippen molar-refractivity contribution in [3.05, 3.63) is 83.1 Å². The number of nitrogens with zero attached hydrogens (tertiary/aromatic N) is 4. The maximum absolute atomic E-state index is 12.3. The molecule has 1 N–H and O–H groups in total. The average molecular weight is 460 g/mol. The standard InChI is InChI=1S/C20H18ClN5O2S2/c21-16-6-4-5-15(13-16)14-29-20-10-9-18-23-24-19(26(18)25-20)11-12-22-30(27,28)17-7-2-1-3-8-17/h1-10,13,22H,11-12,14H2. The second kappa shape index (κ2) is 9.13. The lowest BCUT2D eigenvalue weighted by atomic mass is 10.2. The van der Waals surface area contributed by atoms with E-state index >= 15 is 0 Å². The Bertz CT molecular complexity index is 1260. The summed E-state index contributed by atoms with van der Waals surface area (Å²) >= 11 is 7.61. The minimum atomic E-state index is -3.56. The SMILES string of the molecule is O=S(=O)(NCCc1nnc2ccc(SCc3cccc(Cl)c3)nn12)c1ccccc1. The summed E-state index contributed by atoms with van der Waals surface area (Å²) in [5.41, 5.74) is 1.72. The first-order valence-electron chi connectivity index (χ1n) is 9.14. The number of thioether (sulfide) groups is 1. The van der Waals surface area contributed by atoms with Gasteiger partial charge in [0, 0.05) is 23.7 Å². The fraction of sp³-hybridized carbons (Fsp3) is 0.150. The van der Waals surface area contributed by atoms with E-state index in [1.807, 2.05) is 36.4 Å². The van der Waals surface area contributed by atoms with E-state index in [1.165, 1.54) is 0 Å². The lowest BCUT2D eigenvalue weighted by Crippen LogP contribution is -2.26. The molecular weight excluding hydrogens is 442 g/mol. The minimum Gasteiger partial charge on any atom is -0.211 e. The summed E-state index contributed by atoms with van der Waals surface area (Å²) in [5, 5.41) is 14.4. The van der Waals surface area contributed by atoms with E-state index in [9.17, 15) is 8.42 Å². The quantitative estimate of drug-likeness (QED) is 0.405. The Hall–Kier alpha value is -2.46. The zero-order valence-electron chi connectivity index (χ0n) is 15.8. The van der Waals surface area contributed by atoms with E-state index in [1.54, 1.807) is 46.6 Å². The van der Waals surface area contributed by atoms with Gasteiger partial charge in [0.25, 0.3) is 0 Å². The highest BCUT2D eigenvalue weighted by atomic mass is 35.5. The zero-order valence-corrected chi connectivity index (χ0v) is 18.2. The summed E-state index contributed by atoms with van der Waals surface area (Å²) in [4.78, 5) is 0.230. The summed E-state index contributed by atoms with van der Waals surface area (Å²) in [7, 11) is -3.56. The lowest BCUT2D eigenvalue weighted by molar-refractivity contribution is 0.580. The molecule has 4 aromatic rings. The molecule has 0 amide bonds. The molecule has 0 aliphatic carbocycles. The van der Waals surface area contributed by atoms with Gasteiger partial charge < -0.3 is 0 Å². The lowest BCUT2D eigenvalue weighted by Gasteiger charge is -2.06. The topological polar surface area (TPSA) is 89.2 Å². The number of sulfonamides is 1. The van der Waals surface area contributed by atoms with Gasteiger partial charge in [0.2, 0.25) is 10.0 Å². The Morgan fingerprint density at radius 2 is 1.83 bits per heavy atom. The first-order valence-corrected chi connectivity index (χ1v) is 12.0. The Morgan fingerprint density at radius 1 is 1.00 bits per heavy atom. The van der Waals surface area contributed by atoms with Gasteiger partial charge >= 0.3 is 0 Å². The smallest absolute Gasteiger partial charge is 0.211 e. The highest BCUT2D eigenvalue weighted by Gasteiger charge is 2.14. The Labute approximate surface area is 183 Å². The monoisotopic (exact) mass is 459 g/mol. The van der Waals surface area contributed by atoms with Crippen LogP contribution in [0.4, 0.5) is 0 Å². The highest BCUT2D eigenvalue weighted by Crippen LogP contribution is 2.22. The number of nitrogens with one attached hydrogen (secondary N) is 1. The second-order valence-corrected chi connectivity index (χ2v) is 9.64. The van der Waals surface area contributed by atoms with Crippen LogP contribution in [0.5, 0.6) is 0 Å². The van der Waals surface area contributed by atoms with Crippen LogP contribution < -0.4 is 4.72 Å². The van der Waals surface area contributed by atoms with Gasteiger partial charge in [-0.1, -0.05) is 53.7 Å². The molecule has 154 valence electrons. The van der Waals surface area contributed by atoms with Crippen molar-refractivity contribution in [3.8, 4) is 0 Å². The summed E-state index contributed by atoms with van der Waals surface area (Å²) < 4.78 is 28.9. The van der Waals surface area contributed by atoms with Crippen LogP contribution in [0.3, 0.4) is 0 Å². The first-order chi connectivity index (χ1) is 14.5. The average Bonchev–Trinajstić information content (AvgIpc) is 3.15. The maximum Gasteiger partial charge on any atom is 0.240 e. The van der Waals surface area contributed by atoms with Crippen LogP contribution in [-0.2, 0) is 22.2 Å². The molecule has 0 fully saturated rings. The second-order valence-electron chi connectivity index (χ2n) is 6.44. The number of halogens is 1. The van der Waals surface area contributed by atoms with Crippen LogP contribution in [-0.4, -0.2) is 34.8 Å². The molecule has 0 atom stereocenters. The molecule has 10 heteroatoms. The van der Waals surface area contributed by atoms with Gasteiger partial charge in [0.15, 0.2) is 11.5 Å². The summed E-state index contributed by atoms with van der Waals surface area (Å²) in [6.45, 7) is 0.194. The van der Waals surface area contributed by atoms with Crippen molar-refractivity contribution in [2.24, 2.45) is 0 Å². The molecule has 0 spiro atoms. The predicted molar refractivity (Wildman–Crippen MR) is 117 cm³/mol. The molecule has 30 heavy (non-hydrogen) atoms. The van der Waals surface area contributed by atoms with Gasteiger partial charge in [0.05, 0.1) is 4.90 Å². The fourth-order valence-electron chi connectivity index (χ4n) is 2.81. The van der Waals surface area contributed by atoms with Gasteiger partial charge in [-0.25, -0.2) is 13.1 Å². The van der Waals surface area contributed by atoms with E-state index < -0.39 is 10.0 Å². The van der Waals surface area contributed by atoms with Crippen molar-refractivity contribution in [1.29, 1.82) is 0 Å². The van der Waals surface area contributed by atoms with Crippen LogP contribution in [0.15, 0.2) is 76.7 Å². The number of hydrogen-bond acceptors (Lipinski definition) is 6. The van der Waals surface area contributed by atoms with Crippen molar-refractivity contribution in [2.45, 2.75) is 22.1 Å². The molecule has 0 unspecified atom stereocenters. The third kappa shape index (κ3) is 4.99. The molecule has 0 aliphatic heterocycles. The Balaban J connectivity index is 1.42. The number of hydrogen-bond donors (Lipinski definition) is 1. The van der Waals surface area contributed by atoms with Crippen molar-refractivity contribution >= 4 is 39.0 Å². The molecule has 0 aliphatic rings. The van der Waals surface area contributed by atoms with Crippen LogP contribution in [0.25, 0.3) is 5.65 Å². The third-order valence-electron chi connectivity index (χ3n) is 4.27. The molecule has 4 rings (SSSR count). The van der Waals surface area contributed by atoms with Crippen LogP contribution >= 0.6 is 23.4 Å². The number of benzene rings is 2. The van der Waals surface area contributed by atoms with Crippen molar-refractivity contribution in [3.63, 3.8) is 0 Å². The largest absolute Gasteiger partial charge is 0.240 e. The molecule has 7 nitrogen and oxygen atoms in total. The van der Waals surface area contributed by atoms with Crippen LogP contribution in [0, 0.1) is 0 Å². The van der Waals surface area contributed by atoms with Gasteiger partial charge in [-0.05, 0) is 42.0 Å². The molecule has 2 aromatic carbocycles. The van der Waals surface area contributed by atoms with E-state index in [-0.39, 0.29) is 11.4 Å². The maximum atomic E-state index is 12.3. The van der Waals surface area contributed by atoms with E-state index in [0.29, 0.717) is 22.9 Å². The van der Waals surface area contributed by atoms with E-state index in [2.05, 4.69) is 20.0 Å². The number of fused-ring (bicyclic) bond motifs is 1. The van der Waals surface area contributed by atoms with Crippen LogP contribution in [0.2, 0.25) is 5.02 Å². The van der Waals surface area contributed by atoms with Gasteiger partial charge in [-0.3, -0.25) is 0 Å². The molecule has 2 aromatic heterocycles. The van der Waals surface area contributed by atoms with Crippen molar-refractivity contribution < 1.29 is 8.42 Å². The third-order valence-corrected chi connectivity index (χ3v) is 6.98. The Morgan fingerprint density at radius 3 is 2.63 bits per heavy atom. The van der Waals surface area contributed by atoms with Gasteiger partial charge in [-0.15, -0.1) is 10.2 Å². The molecule has 2 heterocycles. The number of aromatic nitrogens is 4. The van der Waals surface area contributed by atoms with E-state index in [4.69, 9.17) is 11.6 Å². The fourth-order valence-corrected chi connectivity index (χ4v) is 4.88. The molecule has 0 saturated carbocycles. The normalized spacial score (nSPS) is 11.8. The Kier molecular flexibility index (Phi) is 6.33. The zero-order chi connectivity index (χ0) is 21.0. The summed E-state index contributed by atoms with van der Waals surface area (Å²) in [5.74, 6) is 1.32. The first kappa shape index (κ1) is 20.8. The molecule has 0 radical (unpaired) electrons.